The molecule has 0 radical (unpaired) electrons. The molecule has 40 heavy (non-hydrogen) atoms. The van der Waals surface area contributed by atoms with E-state index < -0.39 is 0 Å². The first-order valence-corrected chi connectivity index (χ1v) is 14.6. The highest BCUT2D eigenvalue weighted by Gasteiger charge is 2.18. The van der Waals surface area contributed by atoms with Crippen molar-refractivity contribution in [1.82, 2.24) is 24.7 Å². The van der Waals surface area contributed by atoms with Crippen molar-refractivity contribution in [2.24, 2.45) is 7.05 Å². The van der Waals surface area contributed by atoms with Gasteiger partial charge in [0.25, 0.3) is 0 Å². The largest absolute Gasteiger partial charge is 0.305 e. The number of carbonyl (C=O) groups is 1. The van der Waals surface area contributed by atoms with Crippen LogP contribution in [0.15, 0.2) is 89.4 Å². The quantitative estimate of drug-likeness (QED) is 0.208. The molecule has 0 spiro atoms. The molecule has 6 aromatic rings. The first-order chi connectivity index (χ1) is 19.5. The van der Waals surface area contributed by atoms with Gasteiger partial charge in [-0.2, -0.15) is 0 Å². The maximum Gasteiger partial charge on any atom is 0.236 e. The number of pyridine rings is 1. The number of rotatable bonds is 7. The third-order valence-corrected chi connectivity index (χ3v) is 8.53. The summed E-state index contributed by atoms with van der Waals surface area (Å²) in [6.45, 7) is 4.17. The number of thioether (sulfide) groups is 1. The van der Waals surface area contributed by atoms with Crippen molar-refractivity contribution in [1.29, 1.82) is 0 Å². The number of aryl methyl sites for hydroxylation is 2. The van der Waals surface area contributed by atoms with Crippen LogP contribution in [0.4, 0.5) is 5.13 Å². The Morgan fingerprint density at radius 2 is 1.68 bits per heavy atom. The Kier molecular flexibility index (Phi) is 7.15. The van der Waals surface area contributed by atoms with Crippen molar-refractivity contribution in [2.45, 2.75) is 19.0 Å². The summed E-state index contributed by atoms with van der Waals surface area (Å²) in [4.78, 5) is 22.2. The van der Waals surface area contributed by atoms with Gasteiger partial charge in [-0.05, 0) is 43.2 Å². The molecule has 0 saturated carbocycles. The molecule has 1 N–H and O–H groups in total. The number of fused-ring (bicyclic) bond motifs is 1. The average molecular weight is 563 g/mol. The topological polar surface area (TPSA) is 85.6 Å². The highest BCUT2D eigenvalue weighted by molar-refractivity contribution is 7.99. The van der Waals surface area contributed by atoms with Gasteiger partial charge in [0.1, 0.15) is 0 Å². The molecule has 198 valence electrons. The molecule has 0 aliphatic rings. The lowest BCUT2D eigenvalue weighted by Gasteiger charge is -2.10. The van der Waals surface area contributed by atoms with Gasteiger partial charge in [-0.3, -0.25) is 4.79 Å². The van der Waals surface area contributed by atoms with Gasteiger partial charge in [-0.25, -0.2) is 9.97 Å². The smallest absolute Gasteiger partial charge is 0.236 e. The Morgan fingerprint density at radius 3 is 2.50 bits per heavy atom. The lowest BCUT2D eigenvalue weighted by atomic mass is 10.0. The zero-order valence-electron chi connectivity index (χ0n) is 22.3. The number of hydrogen-bond acceptors (Lipinski definition) is 7. The molecule has 0 aliphatic heterocycles. The summed E-state index contributed by atoms with van der Waals surface area (Å²) in [5.74, 6) is 0.768. The van der Waals surface area contributed by atoms with E-state index in [0.29, 0.717) is 10.3 Å². The third kappa shape index (κ3) is 5.25. The number of thiazole rings is 1. The van der Waals surface area contributed by atoms with Crippen LogP contribution >= 0.6 is 23.1 Å². The van der Waals surface area contributed by atoms with Gasteiger partial charge in [0.2, 0.25) is 5.91 Å². The number of para-hydroxylation sites is 1. The van der Waals surface area contributed by atoms with Crippen molar-refractivity contribution >= 4 is 45.0 Å². The van der Waals surface area contributed by atoms with Crippen LogP contribution in [0.2, 0.25) is 0 Å². The Morgan fingerprint density at radius 1 is 0.875 bits per heavy atom. The number of amides is 1. The van der Waals surface area contributed by atoms with Gasteiger partial charge in [0, 0.05) is 34.5 Å². The molecule has 9 heteroatoms. The molecule has 0 bridgehead atoms. The summed E-state index contributed by atoms with van der Waals surface area (Å²) < 4.78 is 1.93. The van der Waals surface area contributed by atoms with Crippen LogP contribution in [0.5, 0.6) is 0 Å². The zero-order valence-corrected chi connectivity index (χ0v) is 23.9. The van der Waals surface area contributed by atoms with E-state index in [1.807, 2.05) is 71.6 Å². The van der Waals surface area contributed by atoms with Gasteiger partial charge in [-0.1, -0.05) is 72.4 Å². The SMILES string of the molecule is Cc1ccc(-c2csc(NC(=O)CSc3nnc(-c4cc(-c5ccccc5)nc5ccccc45)n3C)n2)cc1C. The highest BCUT2D eigenvalue weighted by atomic mass is 32.2. The summed E-state index contributed by atoms with van der Waals surface area (Å²) in [7, 11) is 1.92. The lowest BCUT2D eigenvalue weighted by molar-refractivity contribution is -0.113. The zero-order chi connectivity index (χ0) is 27.6. The van der Waals surface area contributed by atoms with E-state index in [2.05, 4.69) is 58.6 Å². The highest BCUT2D eigenvalue weighted by Crippen LogP contribution is 2.32. The Hall–Kier alpha value is -4.34. The van der Waals surface area contributed by atoms with Crippen molar-refractivity contribution in [3.8, 4) is 33.9 Å². The average Bonchev–Trinajstić information content (AvgIpc) is 3.59. The second-order valence-electron chi connectivity index (χ2n) is 9.48. The number of nitrogens with zero attached hydrogens (tertiary/aromatic N) is 5. The minimum absolute atomic E-state index is 0.142. The van der Waals surface area contributed by atoms with Crippen molar-refractivity contribution in [3.63, 3.8) is 0 Å². The normalized spacial score (nSPS) is 11.2. The molecule has 1 amide bonds. The van der Waals surface area contributed by atoms with E-state index in [4.69, 9.17) is 4.98 Å². The molecular formula is C31H26N6OS2. The number of aromatic nitrogens is 5. The summed E-state index contributed by atoms with van der Waals surface area (Å²) in [5, 5.41) is 16.0. The fourth-order valence-electron chi connectivity index (χ4n) is 4.44. The molecule has 3 aromatic heterocycles. The van der Waals surface area contributed by atoms with E-state index in [0.717, 1.165) is 44.8 Å². The van der Waals surface area contributed by atoms with E-state index in [9.17, 15) is 4.79 Å². The fraction of sp³-hybridized carbons (Fsp3) is 0.129. The van der Waals surface area contributed by atoms with Gasteiger partial charge >= 0.3 is 0 Å². The maximum atomic E-state index is 12.8. The van der Waals surface area contributed by atoms with Crippen molar-refractivity contribution in [2.75, 3.05) is 11.1 Å². The van der Waals surface area contributed by atoms with Crippen LogP contribution in [-0.4, -0.2) is 36.4 Å². The Labute approximate surface area is 240 Å². The van der Waals surface area contributed by atoms with Crippen LogP contribution in [-0.2, 0) is 11.8 Å². The standard InChI is InChI=1S/C31H26N6OS2/c1-19-13-14-22(15-20(19)2)27-17-39-30(33-27)34-28(38)18-40-31-36-35-29(37(31)3)24-16-26(21-9-5-4-6-10-21)32-25-12-8-7-11-23(24)25/h4-17H,18H2,1-3H3,(H,33,34,38). The lowest BCUT2D eigenvalue weighted by Crippen LogP contribution is -2.14. The minimum atomic E-state index is -0.142. The fourth-order valence-corrected chi connectivity index (χ4v) is 5.89. The number of anilines is 1. The number of hydrogen-bond donors (Lipinski definition) is 1. The summed E-state index contributed by atoms with van der Waals surface area (Å²) >= 11 is 2.76. The maximum absolute atomic E-state index is 12.8. The second-order valence-corrected chi connectivity index (χ2v) is 11.3. The number of carbonyl (C=O) groups excluding carboxylic acids is 1. The molecule has 0 unspecified atom stereocenters. The van der Waals surface area contributed by atoms with E-state index >= 15 is 0 Å². The van der Waals surface area contributed by atoms with Crippen LogP contribution in [0.25, 0.3) is 44.8 Å². The minimum Gasteiger partial charge on any atom is -0.305 e. The summed E-state index contributed by atoms with van der Waals surface area (Å²) in [6, 6.07) is 26.4. The molecule has 0 aliphatic carbocycles. The Balaban J connectivity index is 1.19. The van der Waals surface area contributed by atoms with E-state index in [-0.39, 0.29) is 11.7 Å². The van der Waals surface area contributed by atoms with Crippen molar-refractivity contribution in [3.05, 3.63) is 95.4 Å². The summed E-state index contributed by atoms with van der Waals surface area (Å²) in [5.41, 5.74) is 8.09. The van der Waals surface area contributed by atoms with Gasteiger partial charge in [-0.15, -0.1) is 21.5 Å². The van der Waals surface area contributed by atoms with Crippen LogP contribution in [0, 0.1) is 13.8 Å². The molecular weight excluding hydrogens is 537 g/mol. The first-order valence-electron chi connectivity index (χ1n) is 12.8. The molecule has 0 saturated heterocycles. The van der Waals surface area contributed by atoms with Crippen LogP contribution in [0.1, 0.15) is 11.1 Å². The van der Waals surface area contributed by atoms with Crippen molar-refractivity contribution < 1.29 is 4.79 Å². The predicted molar refractivity (Wildman–Crippen MR) is 164 cm³/mol. The summed E-state index contributed by atoms with van der Waals surface area (Å²) in [6.07, 6.45) is 0. The monoisotopic (exact) mass is 562 g/mol. The van der Waals surface area contributed by atoms with E-state index in [1.54, 1.807) is 0 Å². The van der Waals surface area contributed by atoms with Crippen LogP contribution < -0.4 is 5.32 Å². The predicted octanol–water partition coefficient (Wildman–Crippen LogP) is 7.17. The number of benzene rings is 3. The number of nitrogens with one attached hydrogen (secondary N) is 1. The molecule has 7 nitrogen and oxygen atoms in total. The molecule has 3 aromatic carbocycles. The van der Waals surface area contributed by atoms with Gasteiger partial charge in [0.15, 0.2) is 16.1 Å². The van der Waals surface area contributed by atoms with Gasteiger partial charge < -0.3 is 9.88 Å². The van der Waals surface area contributed by atoms with Gasteiger partial charge in [0.05, 0.1) is 22.7 Å². The molecule has 0 atom stereocenters. The van der Waals surface area contributed by atoms with Crippen LogP contribution in [0.3, 0.4) is 0 Å². The Bertz CT molecular complexity index is 1840. The molecule has 6 rings (SSSR count). The first kappa shape index (κ1) is 25.9. The molecule has 3 heterocycles. The molecule has 0 fully saturated rings. The third-order valence-electron chi connectivity index (χ3n) is 6.75. The second kappa shape index (κ2) is 11.0. The van der Waals surface area contributed by atoms with E-state index in [1.165, 1.54) is 34.2 Å².